The van der Waals surface area contributed by atoms with E-state index in [9.17, 15) is 9.59 Å². The van der Waals surface area contributed by atoms with E-state index in [1.54, 1.807) is 16.7 Å². The van der Waals surface area contributed by atoms with Crippen molar-refractivity contribution in [3.8, 4) is 0 Å². The van der Waals surface area contributed by atoms with Crippen LogP contribution in [0.15, 0.2) is 0 Å². The number of β-lactam (4-membered cyclic amide) rings is 1. The van der Waals surface area contributed by atoms with Gasteiger partial charge in [-0.05, 0) is 20.3 Å². The molecule has 2 aliphatic heterocycles. The molecule has 2 N–H and O–H groups in total. The molecule has 0 spiro atoms. The van der Waals surface area contributed by atoms with Crippen molar-refractivity contribution in [3.05, 3.63) is 5.82 Å². The first kappa shape index (κ1) is 18.2. The second kappa shape index (κ2) is 7.31. The average molecular weight is 366 g/mol. The summed E-state index contributed by atoms with van der Waals surface area (Å²) in [6.07, 6.45) is 6.00. The van der Waals surface area contributed by atoms with Crippen LogP contribution in [0.5, 0.6) is 0 Å². The van der Waals surface area contributed by atoms with E-state index in [2.05, 4.69) is 46.7 Å². The quantitative estimate of drug-likeness (QED) is 0.537. The van der Waals surface area contributed by atoms with Crippen LogP contribution in [-0.4, -0.2) is 53.5 Å². The Morgan fingerprint density at radius 2 is 2.08 bits per heavy atom. The fraction of sp³-hybridized carbons (Fsp3) is 0.812. The molecule has 0 bridgehead atoms. The van der Waals surface area contributed by atoms with Gasteiger partial charge in [-0.3, -0.25) is 9.59 Å². The summed E-state index contributed by atoms with van der Waals surface area (Å²) in [7, 11) is 0. The van der Waals surface area contributed by atoms with Gasteiger partial charge in [0.15, 0.2) is 5.82 Å². The van der Waals surface area contributed by atoms with Gasteiger partial charge in [0, 0.05) is 11.2 Å². The normalized spacial score (nSPS) is 27.1. The minimum Gasteiger partial charge on any atom is -0.342 e. The summed E-state index contributed by atoms with van der Waals surface area (Å²) in [5, 5.41) is 17.0. The lowest BCUT2D eigenvalue weighted by Gasteiger charge is -2.44. The molecule has 2 fully saturated rings. The molecule has 9 heteroatoms. The monoisotopic (exact) mass is 366 g/mol. The molecule has 0 aliphatic carbocycles. The van der Waals surface area contributed by atoms with E-state index in [0.29, 0.717) is 12.2 Å². The molecule has 3 atom stereocenters. The maximum Gasteiger partial charge on any atom is 0.249 e. The van der Waals surface area contributed by atoms with Crippen LogP contribution in [0.3, 0.4) is 0 Å². The molecular weight excluding hydrogens is 340 g/mol. The number of aromatic nitrogens is 4. The Bertz CT molecular complexity index is 620. The van der Waals surface area contributed by atoms with E-state index in [0.717, 1.165) is 12.8 Å². The first-order valence-corrected chi connectivity index (χ1v) is 9.86. The SMILES string of the molecule is CCCCCCCC(=O)NC1C(=O)N2C(c3nn[nH]n3)C(C)(C)S[C@H]12. The summed E-state index contributed by atoms with van der Waals surface area (Å²) in [4.78, 5) is 26.5. The number of hydrogen-bond donors (Lipinski definition) is 2. The van der Waals surface area contributed by atoms with E-state index in [-0.39, 0.29) is 28.0 Å². The van der Waals surface area contributed by atoms with Crippen molar-refractivity contribution < 1.29 is 9.59 Å². The average Bonchev–Trinajstić information content (AvgIpc) is 3.16. The van der Waals surface area contributed by atoms with E-state index >= 15 is 0 Å². The number of carbonyl (C=O) groups is 2. The lowest BCUT2D eigenvalue weighted by molar-refractivity contribution is -0.151. The van der Waals surface area contributed by atoms with Crippen molar-refractivity contribution in [2.45, 2.75) is 81.5 Å². The highest BCUT2D eigenvalue weighted by atomic mass is 32.2. The molecule has 0 aromatic carbocycles. The number of rotatable bonds is 8. The summed E-state index contributed by atoms with van der Waals surface area (Å²) in [6.45, 7) is 6.30. The maximum atomic E-state index is 12.6. The number of thioether (sulfide) groups is 1. The van der Waals surface area contributed by atoms with Crippen LogP contribution in [0.1, 0.15) is 71.2 Å². The number of fused-ring (bicyclic) bond motifs is 1. The molecule has 2 saturated heterocycles. The van der Waals surface area contributed by atoms with E-state index < -0.39 is 6.04 Å². The second-order valence-corrected chi connectivity index (χ2v) is 9.01. The van der Waals surface area contributed by atoms with Crippen LogP contribution in [0, 0.1) is 0 Å². The number of unbranched alkanes of at least 4 members (excludes halogenated alkanes) is 4. The van der Waals surface area contributed by atoms with Crippen molar-refractivity contribution in [2.75, 3.05) is 0 Å². The number of nitrogens with one attached hydrogen (secondary N) is 2. The molecule has 2 aliphatic rings. The molecule has 1 aromatic heterocycles. The predicted octanol–water partition coefficient (Wildman–Crippen LogP) is 1.78. The number of hydrogen-bond acceptors (Lipinski definition) is 6. The lowest BCUT2D eigenvalue weighted by Crippen LogP contribution is -2.67. The molecule has 2 unspecified atom stereocenters. The van der Waals surface area contributed by atoms with Gasteiger partial charge >= 0.3 is 0 Å². The van der Waals surface area contributed by atoms with Crippen molar-refractivity contribution in [1.82, 2.24) is 30.8 Å². The first-order valence-electron chi connectivity index (χ1n) is 8.98. The van der Waals surface area contributed by atoms with Crippen LogP contribution in [0.2, 0.25) is 0 Å². The van der Waals surface area contributed by atoms with Gasteiger partial charge in [0.1, 0.15) is 17.5 Å². The highest BCUT2D eigenvalue weighted by Crippen LogP contribution is 2.56. The van der Waals surface area contributed by atoms with E-state index in [1.165, 1.54) is 19.3 Å². The molecule has 138 valence electrons. The molecule has 3 rings (SSSR count). The Labute approximate surface area is 151 Å². The van der Waals surface area contributed by atoms with Gasteiger partial charge in [-0.2, -0.15) is 5.21 Å². The van der Waals surface area contributed by atoms with Crippen LogP contribution < -0.4 is 5.32 Å². The summed E-state index contributed by atoms with van der Waals surface area (Å²) in [5.41, 5.74) is 0. The number of H-pyrrole nitrogens is 1. The van der Waals surface area contributed by atoms with Crippen LogP contribution in [-0.2, 0) is 9.59 Å². The van der Waals surface area contributed by atoms with Crippen LogP contribution >= 0.6 is 11.8 Å². The van der Waals surface area contributed by atoms with Crippen molar-refractivity contribution >= 4 is 23.6 Å². The van der Waals surface area contributed by atoms with Gasteiger partial charge in [0.2, 0.25) is 11.8 Å². The highest BCUT2D eigenvalue weighted by molar-refractivity contribution is 8.01. The summed E-state index contributed by atoms with van der Waals surface area (Å²) >= 11 is 1.68. The maximum absolute atomic E-state index is 12.6. The zero-order chi connectivity index (χ0) is 18.0. The Kier molecular flexibility index (Phi) is 5.31. The number of carbonyl (C=O) groups excluding carboxylic acids is 2. The fourth-order valence-corrected chi connectivity index (χ4v) is 5.21. The standard InChI is InChI=1S/C16H26N6O2S/c1-4-5-6-7-8-9-10(23)17-11-14(24)22-12(13-18-20-21-19-13)16(2,3)25-15(11)22/h11-12,15H,4-9H2,1-3H3,(H,17,23)(H,18,19,20,21)/t11?,12?,15-/m1/s1. The minimum atomic E-state index is -0.440. The van der Waals surface area contributed by atoms with Crippen LogP contribution in [0.4, 0.5) is 0 Å². The Morgan fingerprint density at radius 3 is 2.76 bits per heavy atom. The van der Waals surface area contributed by atoms with Crippen LogP contribution in [0.25, 0.3) is 0 Å². The third-order valence-electron chi connectivity index (χ3n) is 4.87. The van der Waals surface area contributed by atoms with Crippen molar-refractivity contribution in [1.29, 1.82) is 0 Å². The van der Waals surface area contributed by atoms with Crippen molar-refractivity contribution in [3.63, 3.8) is 0 Å². The van der Waals surface area contributed by atoms with Crippen molar-refractivity contribution in [2.24, 2.45) is 0 Å². The topological polar surface area (TPSA) is 104 Å². The Hall–Kier alpha value is -1.64. The second-order valence-electron chi connectivity index (χ2n) is 7.24. The number of aromatic amines is 1. The number of tetrazole rings is 1. The van der Waals surface area contributed by atoms with Gasteiger partial charge in [-0.15, -0.1) is 22.0 Å². The van der Waals surface area contributed by atoms with Gasteiger partial charge in [0.05, 0.1) is 0 Å². The largest absolute Gasteiger partial charge is 0.342 e. The highest BCUT2D eigenvalue weighted by Gasteiger charge is 2.63. The third kappa shape index (κ3) is 3.51. The summed E-state index contributed by atoms with van der Waals surface area (Å²) in [5.74, 6) is 0.433. The molecule has 0 saturated carbocycles. The number of amides is 2. The van der Waals surface area contributed by atoms with Gasteiger partial charge < -0.3 is 10.2 Å². The molecule has 25 heavy (non-hydrogen) atoms. The Balaban J connectivity index is 1.55. The molecule has 3 heterocycles. The van der Waals surface area contributed by atoms with E-state index in [1.807, 2.05) is 0 Å². The summed E-state index contributed by atoms with van der Waals surface area (Å²) < 4.78 is -0.232. The minimum absolute atomic E-state index is 0.0316. The summed E-state index contributed by atoms with van der Waals surface area (Å²) in [6, 6.07) is -0.666. The zero-order valence-corrected chi connectivity index (χ0v) is 15.8. The molecular formula is C16H26N6O2S. The molecule has 8 nitrogen and oxygen atoms in total. The number of nitrogens with zero attached hydrogens (tertiary/aromatic N) is 4. The molecule has 1 aromatic rings. The predicted molar refractivity (Wildman–Crippen MR) is 94.5 cm³/mol. The molecule has 0 radical (unpaired) electrons. The molecule has 2 amide bonds. The van der Waals surface area contributed by atoms with Gasteiger partial charge in [-0.1, -0.05) is 37.8 Å². The fourth-order valence-electron chi connectivity index (χ4n) is 3.58. The van der Waals surface area contributed by atoms with Gasteiger partial charge in [0.25, 0.3) is 0 Å². The smallest absolute Gasteiger partial charge is 0.249 e. The zero-order valence-electron chi connectivity index (χ0n) is 15.0. The Morgan fingerprint density at radius 1 is 1.32 bits per heavy atom. The lowest BCUT2D eigenvalue weighted by atomic mass is 9.95. The van der Waals surface area contributed by atoms with Gasteiger partial charge in [-0.25, -0.2) is 0 Å². The van der Waals surface area contributed by atoms with E-state index in [4.69, 9.17) is 0 Å². The first-order chi connectivity index (χ1) is 12.0. The third-order valence-corrected chi connectivity index (χ3v) is 6.44.